The Morgan fingerprint density at radius 3 is 2.59 bits per heavy atom. The molecule has 0 aliphatic rings. The number of rotatable bonds is 4. The predicted molar refractivity (Wildman–Crippen MR) is 75.2 cm³/mol. The van der Waals surface area contributed by atoms with Crippen molar-refractivity contribution in [1.29, 1.82) is 0 Å². The molecule has 1 unspecified atom stereocenters. The zero-order chi connectivity index (χ0) is 12.3. The fraction of sp³-hybridized carbons (Fsp3) is 0.231. The number of aryl methyl sites for hydroxylation is 1. The van der Waals surface area contributed by atoms with Gasteiger partial charge >= 0.3 is 0 Å². The van der Waals surface area contributed by atoms with Crippen LogP contribution in [0.3, 0.4) is 0 Å². The highest BCUT2D eigenvalue weighted by atomic mass is 79.9. The molecule has 0 saturated heterocycles. The van der Waals surface area contributed by atoms with Crippen molar-refractivity contribution in [2.45, 2.75) is 17.9 Å². The van der Waals surface area contributed by atoms with Crippen LogP contribution in [-0.4, -0.2) is 5.75 Å². The van der Waals surface area contributed by atoms with Crippen molar-refractivity contribution in [2.75, 3.05) is 5.75 Å². The van der Waals surface area contributed by atoms with Crippen LogP contribution in [0, 0.1) is 6.92 Å². The Kier molecular flexibility index (Phi) is 4.31. The smallest absolute Gasteiger partial charge is 0.135 e. The number of furan rings is 1. The van der Waals surface area contributed by atoms with Crippen LogP contribution in [-0.2, 0) is 0 Å². The molecular weight excluding hydrogens is 298 g/mol. The average molecular weight is 312 g/mol. The first-order valence-corrected chi connectivity index (χ1v) is 7.12. The van der Waals surface area contributed by atoms with E-state index in [2.05, 4.69) is 47.1 Å². The molecule has 0 amide bonds. The average Bonchev–Trinajstić information content (AvgIpc) is 2.74. The number of nitrogens with two attached hydrogens (primary N) is 1. The van der Waals surface area contributed by atoms with Crippen molar-refractivity contribution in [2.24, 2.45) is 5.73 Å². The van der Waals surface area contributed by atoms with Crippen molar-refractivity contribution in [1.82, 2.24) is 0 Å². The number of hydrogen-bond donors (Lipinski definition) is 1. The molecule has 0 bridgehead atoms. The summed E-state index contributed by atoms with van der Waals surface area (Å²) in [5.74, 6) is 1.61. The number of halogens is 1. The monoisotopic (exact) mass is 311 g/mol. The van der Waals surface area contributed by atoms with Crippen molar-refractivity contribution >= 4 is 27.7 Å². The molecule has 0 spiro atoms. The first kappa shape index (κ1) is 12.7. The minimum atomic E-state index is -0.0920. The van der Waals surface area contributed by atoms with E-state index in [0.29, 0.717) is 0 Å². The quantitative estimate of drug-likeness (QED) is 0.862. The van der Waals surface area contributed by atoms with Crippen LogP contribution in [0.5, 0.6) is 0 Å². The first-order chi connectivity index (χ1) is 8.16. The maximum absolute atomic E-state index is 6.07. The molecule has 1 heterocycles. The van der Waals surface area contributed by atoms with Crippen LogP contribution in [0.25, 0.3) is 0 Å². The summed E-state index contributed by atoms with van der Waals surface area (Å²) in [6.07, 6.45) is 1.65. The second kappa shape index (κ2) is 5.76. The van der Waals surface area contributed by atoms with Gasteiger partial charge in [0.25, 0.3) is 0 Å². The molecule has 0 saturated carbocycles. The molecule has 0 fully saturated rings. The van der Waals surface area contributed by atoms with E-state index in [4.69, 9.17) is 10.2 Å². The standard InChI is InChI=1S/C13H14BrNOS/c1-9-2-4-10(5-3-9)17-8-12(15)13-11(14)6-7-16-13/h2-7,12H,8,15H2,1H3. The van der Waals surface area contributed by atoms with Gasteiger partial charge in [-0.25, -0.2) is 0 Å². The third kappa shape index (κ3) is 3.37. The van der Waals surface area contributed by atoms with E-state index in [-0.39, 0.29) is 6.04 Å². The van der Waals surface area contributed by atoms with E-state index in [1.165, 1.54) is 10.5 Å². The molecule has 0 radical (unpaired) electrons. The summed E-state index contributed by atoms with van der Waals surface area (Å²) in [4.78, 5) is 1.23. The van der Waals surface area contributed by atoms with Gasteiger partial charge in [0.1, 0.15) is 5.76 Å². The Balaban J connectivity index is 1.94. The summed E-state index contributed by atoms with van der Waals surface area (Å²) in [6, 6.07) is 10.2. The van der Waals surface area contributed by atoms with Crippen LogP contribution in [0.1, 0.15) is 17.4 Å². The van der Waals surface area contributed by atoms with Crippen LogP contribution >= 0.6 is 27.7 Å². The SMILES string of the molecule is Cc1ccc(SCC(N)c2occc2Br)cc1. The lowest BCUT2D eigenvalue weighted by molar-refractivity contribution is 0.480. The molecule has 2 aromatic rings. The van der Waals surface area contributed by atoms with Crippen LogP contribution in [0.4, 0.5) is 0 Å². The molecule has 90 valence electrons. The Morgan fingerprint density at radius 2 is 2.00 bits per heavy atom. The van der Waals surface area contributed by atoms with Crippen molar-refractivity contribution in [3.05, 3.63) is 52.4 Å². The maximum Gasteiger partial charge on any atom is 0.135 e. The minimum absolute atomic E-state index is 0.0920. The fourth-order valence-corrected chi connectivity index (χ4v) is 2.81. The molecule has 1 aromatic heterocycles. The lowest BCUT2D eigenvalue weighted by Crippen LogP contribution is -2.12. The molecule has 1 atom stereocenters. The molecule has 2 rings (SSSR count). The predicted octanol–water partition coefficient (Wildman–Crippen LogP) is 4.14. The first-order valence-electron chi connectivity index (χ1n) is 5.35. The van der Waals surface area contributed by atoms with Gasteiger partial charge < -0.3 is 10.2 Å². The van der Waals surface area contributed by atoms with Crippen LogP contribution in [0.15, 0.2) is 50.4 Å². The molecule has 0 aliphatic heterocycles. The second-order valence-electron chi connectivity index (χ2n) is 3.86. The molecule has 1 aromatic carbocycles. The van der Waals surface area contributed by atoms with Crippen molar-refractivity contribution in [3.63, 3.8) is 0 Å². The van der Waals surface area contributed by atoms with Gasteiger partial charge in [0.2, 0.25) is 0 Å². The zero-order valence-electron chi connectivity index (χ0n) is 9.52. The topological polar surface area (TPSA) is 39.2 Å². The lowest BCUT2D eigenvalue weighted by Gasteiger charge is -2.09. The minimum Gasteiger partial charge on any atom is -0.466 e. The highest BCUT2D eigenvalue weighted by Crippen LogP contribution is 2.28. The van der Waals surface area contributed by atoms with E-state index in [1.807, 2.05) is 6.07 Å². The normalized spacial score (nSPS) is 12.6. The van der Waals surface area contributed by atoms with Crippen LogP contribution in [0.2, 0.25) is 0 Å². The lowest BCUT2D eigenvalue weighted by atomic mass is 10.2. The number of thioether (sulfide) groups is 1. The molecule has 2 nitrogen and oxygen atoms in total. The summed E-state index contributed by atoms with van der Waals surface area (Å²) in [6.45, 7) is 2.08. The van der Waals surface area contributed by atoms with Gasteiger partial charge in [-0.1, -0.05) is 17.7 Å². The maximum atomic E-state index is 6.07. The fourth-order valence-electron chi connectivity index (χ4n) is 1.47. The second-order valence-corrected chi connectivity index (χ2v) is 5.81. The Hall–Kier alpha value is -0.710. The van der Waals surface area contributed by atoms with Crippen molar-refractivity contribution < 1.29 is 4.42 Å². The molecule has 17 heavy (non-hydrogen) atoms. The van der Waals surface area contributed by atoms with E-state index >= 15 is 0 Å². The summed E-state index contributed by atoms with van der Waals surface area (Å²) in [5.41, 5.74) is 7.34. The summed E-state index contributed by atoms with van der Waals surface area (Å²) >= 11 is 5.16. The summed E-state index contributed by atoms with van der Waals surface area (Å²) < 4.78 is 6.29. The van der Waals surface area contributed by atoms with Gasteiger partial charge in [0, 0.05) is 10.6 Å². The zero-order valence-corrected chi connectivity index (χ0v) is 11.9. The van der Waals surface area contributed by atoms with Crippen LogP contribution < -0.4 is 5.73 Å². The van der Waals surface area contributed by atoms with E-state index in [0.717, 1.165) is 16.0 Å². The van der Waals surface area contributed by atoms with E-state index in [9.17, 15) is 0 Å². The summed E-state index contributed by atoms with van der Waals surface area (Å²) in [7, 11) is 0. The Bertz CT molecular complexity index is 480. The van der Waals surface area contributed by atoms with Gasteiger partial charge in [-0.2, -0.15) is 0 Å². The third-order valence-electron chi connectivity index (χ3n) is 2.43. The number of hydrogen-bond acceptors (Lipinski definition) is 3. The Morgan fingerprint density at radius 1 is 1.29 bits per heavy atom. The van der Waals surface area contributed by atoms with Gasteiger partial charge in [0.15, 0.2) is 0 Å². The van der Waals surface area contributed by atoms with Gasteiger partial charge in [-0.15, -0.1) is 11.8 Å². The Labute approximate surface area is 114 Å². The van der Waals surface area contributed by atoms with E-state index < -0.39 is 0 Å². The summed E-state index contributed by atoms with van der Waals surface area (Å²) in [5, 5.41) is 0. The molecule has 2 N–H and O–H groups in total. The highest BCUT2D eigenvalue weighted by Gasteiger charge is 2.13. The van der Waals surface area contributed by atoms with E-state index in [1.54, 1.807) is 18.0 Å². The van der Waals surface area contributed by atoms with Crippen molar-refractivity contribution in [3.8, 4) is 0 Å². The van der Waals surface area contributed by atoms with Gasteiger partial charge in [0.05, 0.1) is 16.8 Å². The van der Waals surface area contributed by atoms with Gasteiger partial charge in [-0.05, 0) is 41.1 Å². The molecular formula is C13H14BrNOS. The highest BCUT2D eigenvalue weighted by molar-refractivity contribution is 9.10. The third-order valence-corrected chi connectivity index (χ3v) is 4.22. The number of benzene rings is 1. The van der Waals surface area contributed by atoms with Gasteiger partial charge in [-0.3, -0.25) is 0 Å². The largest absolute Gasteiger partial charge is 0.466 e. The molecule has 0 aliphatic carbocycles. The molecule has 4 heteroatoms.